The number of oxazole rings is 1. The van der Waals surface area contributed by atoms with Crippen molar-refractivity contribution in [1.29, 1.82) is 0 Å². The highest BCUT2D eigenvalue weighted by atomic mass is 19.3. The summed E-state index contributed by atoms with van der Waals surface area (Å²) >= 11 is 0. The average molecular weight is 283 g/mol. The summed E-state index contributed by atoms with van der Waals surface area (Å²) in [4.78, 5) is 13.8. The van der Waals surface area contributed by atoms with Crippen LogP contribution in [0.2, 0.25) is 0 Å². The van der Waals surface area contributed by atoms with E-state index >= 15 is 0 Å². The quantitative estimate of drug-likeness (QED) is 0.671. The number of benzene rings is 1. The fourth-order valence-electron chi connectivity index (χ4n) is 1.66. The van der Waals surface area contributed by atoms with Crippen LogP contribution in [-0.2, 0) is 6.54 Å². The van der Waals surface area contributed by atoms with Crippen LogP contribution in [0.4, 0.5) is 20.2 Å². The Labute approximate surface area is 112 Å². The molecule has 0 radical (unpaired) electrons. The van der Waals surface area contributed by atoms with Crippen LogP contribution in [0.15, 0.2) is 28.8 Å². The summed E-state index contributed by atoms with van der Waals surface area (Å²) in [6, 6.07) is 3.26. The lowest BCUT2D eigenvalue weighted by molar-refractivity contribution is -0.385. The molecular weight excluding hydrogens is 272 g/mol. The number of nitrogens with zero attached hydrogens (tertiary/aromatic N) is 2. The van der Waals surface area contributed by atoms with Crippen LogP contribution >= 0.6 is 0 Å². The van der Waals surface area contributed by atoms with Crippen LogP contribution in [0.3, 0.4) is 0 Å². The number of hydrogen-bond donors (Lipinski definition) is 1. The van der Waals surface area contributed by atoms with E-state index in [0.29, 0.717) is 11.7 Å². The molecule has 0 aliphatic rings. The van der Waals surface area contributed by atoms with Gasteiger partial charge in [0.1, 0.15) is 5.76 Å². The smallest absolute Gasteiger partial charge is 0.270 e. The normalized spacial score (nSPS) is 10.8. The molecule has 0 saturated carbocycles. The molecule has 0 fully saturated rings. The monoisotopic (exact) mass is 283 g/mol. The Kier molecular flexibility index (Phi) is 3.92. The molecule has 20 heavy (non-hydrogen) atoms. The molecule has 0 unspecified atom stereocenters. The molecule has 0 aliphatic carbocycles. The number of nitro groups is 1. The lowest BCUT2D eigenvalue weighted by Crippen LogP contribution is -2.04. The molecule has 1 aromatic carbocycles. The van der Waals surface area contributed by atoms with Gasteiger partial charge in [0.15, 0.2) is 0 Å². The van der Waals surface area contributed by atoms with Gasteiger partial charge in [-0.2, -0.15) is 0 Å². The van der Waals surface area contributed by atoms with Crippen molar-refractivity contribution in [3.8, 4) is 0 Å². The van der Waals surface area contributed by atoms with Crippen molar-refractivity contribution in [3.63, 3.8) is 0 Å². The highest BCUT2D eigenvalue weighted by molar-refractivity contribution is 5.56. The average Bonchev–Trinajstić information content (AvgIpc) is 2.81. The lowest BCUT2D eigenvalue weighted by atomic mass is 10.1. The molecular formula is C12H11F2N3O3. The lowest BCUT2D eigenvalue weighted by Gasteiger charge is -2.10. The Balaban J connectivity index is 2.20. The topological polar surface area (TPSA) is 81.2 Å². The van der Waals surface area contributed by atoms with Crippen LogP contribution in [0.1, 0.15) is 23.6 Å². The first-order valence-corrected chi connectivity index (χ1v) is 5.69. The number of hydrogen-bond acceptors (Lipinski definition) is 5. The zero-order chi connectivity index (χ0) is 14.7. The summed E-state index contributed by atoms with van der Waals surface area (Å²) in [6.45, 7) is 1.83. The zero-order valence-corrected chi connectivity index (χ0v) is 10.5. The van der Waals surface area contributed by atoms with E-state index in [4.69, 9.17) is 4.42 Å². The van der Waals surface area contributed by atoms with Crippen LogP contribution < -0.4 is 5.32 Å². The van der Waals surface area contributed by atoms with E-state index < -0.39 is 16.9 Å². The largest absolute Gasteiger partial charge is 0.444 e. The van der Waals surface area contributed by atoms with Crippen LogP contribution in [0.25, 0.3) is 0 Å². The van der Waals surface area contributed by atoms with Gasteiger partial charge in [0.25, 0.3) is 12.1 Å². The second-order valence-electron chi connectivity index (χ2n) is 4.05. The first-order chi connectivity index (χ1) is 9.47. The summed E-state index contributed by atoms with van der Waals surface area (Å²) in [5, 5.41) is 13.3. The third-order valence-electron chi connectivity index (χ3n) is 2.58. The third kappa shape index (κ3) is 3.08. The molecule has 1 aromatic heterocycles. The second kappa shape index (κ2) is 5.64. The van der Waals surface area contributed by atoms with Crippen molar-refractivity contribution in [1.82, 2.24) is 4.98 Å². The molecule has 0 spiro atoms. The summed E-state index contributed by atoms with van der Waals surface area (Å²) in [6.07, 6.45) is -1.30. The predicted molar refractivity (Wildman–Crippen MR) is 66.6 cm³/mol. The van der Waals surface area contributed by atoms with Gasteiger partial charge in [-0.1, -0.05) is 0 Å². The van der Waals surface area contributed by atoms with Crippen molar-refractivity contribution in [2.24, 2.45) is 0 Å². The van der Waals surface area contributed by atoms with Gasteiger partial charge >= 0.3 is 0 Å². The van der Waals surface area contributed by atoms with Crippen LogP contribution in [0, 0.1) is 17.0 Å². The van der Waals surface area contributed by atoms with Gasteiger partial charge in [-0.05, 0) is 13.0 Å². The van der Waals surface area contributed by atoms with Gasteiger partial charge in [0.05, 0.1) is 17.7 Å². The second-order valence-corrected chi connectivity index (χ2v) is 4.05. The van der Waals surface area contributed by atoms with Crippen molar-refractivity contribution in [3.05, 3.63) is 51.7 Å². The number of aryl methyl sites for hydroxylation is 1. The van der Waals surface area contributed by atoms with E-state index in [2.05, 4.69) is 10.3 Å². The van der Waals surface area contributed by atoms with E-state index in [9.17, 15) is 18.9 Å². The van der Waals surface area contributed by atoms with Crippen molar-refractivity contribution >= 4 is 11.4 Å². The Morgan fingerprint density at radius 3 is 2.80 bits per heavy atom. The van der Waals surface area contributed by atoms with Crippen molar-refractivity contribution in [2.45, 2.75) is 19.9 Å². The van der Waals surface area contributed by atoms with Crippen LogP contribution in [0.5, 0.6) is 0 Å². The first kappa shape index (κ1) is 13.9. The first-order valence-electron chi connectivity index (χ1n) is 5.69. The molecule has 1 heterocycles. The molecule has 2 rings (SSSR count). The van der Waals surface area contributed by atoms with Gasteiger partial charge in [0, 0.05) is 23.4 Å². The summed E-state index contributed by atoms with van der Waals surface area (Å²) in [7, 11) is 0. The van der Waals surface area contributed by atoms with E-state index in [0.717, 1.165) is 12.1 Å². The third-order valence-corrected chi connectivity index (χ3v) is 2.58. The number of alkyl halides is 2. The van der Waals surface area contributed by atoms with Gasteiger partial charge in [-0.25, -0.2) is 13.8 Å². The van der Waals surface area contributed by atoms with E-state index in [1.54, 1.807) is 6.92 Å². The molecule has 0 bridgehead atoms. The standard InChI is InChI=1S/C12H11F2N3O3/c1-7-5-16-11(20-7)6-15-10-3-2-8(17(18)19)4-9(10)12(13)14/h2-5,12,15H,6H2,1H3. The number of anilines is 1. The highest BCUT2D eigenvalue weighted by Gasteiger charge is 2.18. The molecule has 0 saturated heterocycles. The van der Waals surface area contributed by atoms with E-state index in [1.807, 2.05) is 0 Å². The molecule has 0 atom stereocenters. The molecule has 106 valence electrons. The predicted octanol–water partition coefficient (Wildman–Crippen LogP) is 3.44. The van der Waals surface area contributed by atoms with Gasteiger partial charge in [-0.3, -0.25) is 10.1 Å². The maximum atomic E-state index is 12.9. The van der Waals surface area contributed by atoms with Crippen molar-refractivity contribution in [2.75, 3.05) is 5.32 Å². The summed E-state index contributed by atoms with van der Waals surface area (Å²) < 4.78 is 31.0. The number of nitro benzene ring substituents is 1. The van der Waals surface area contributed by atoms with Crippen LogP contribution in [-0.4, -0.2) is 9.91 Å². The minimum atomic E-state index is -2.82. The van der Waals surface area contributed by atoms with Gasteiger partial charge in [-0.15, -0.1) is 0 Å². The van der Waals surface area contributed by atoms with E-state index in [1.165, 1.54) is 12.3 Å². The Bertz CT molecular complexity index is 628. The fourth-order valence-corrected chi connectivity index (χ4v) is 1.66. The minimum absolute atomic E-state index is 0.112. The summed E-state index contributed by atoms with van der Waals surface area (Å²) in [5.74, 6) is 0.959. The fraction of sp³-hybridized carbons (Fsp3) is 0.250. The number of non-ortho nitro benzene ring substituents is 1. The Morgan fingerprint density at radius 2 is 2.25 bits per heavy atom. The molecule has 6 nitrogen and oxygen atoms in total. The highest BCUT2D eigenvalue weighted by Crippen LogP contribution is 2.30. The number of aromatic nitrogens is 1. The minimum Gasteiger partial charge on any atom is -0.444 e. The number of nitrogens with one attached hydrogen (secondary N) is 1. The number of rotatable bonds is 5. The maximum absolute atomic E-state index is 12.9. The maximum Gasteiger partial charge on any atom is 0.270 e. The molecule has 8 heteroatoms. The Hall–Kier alpha value is -2.51. The SMILES string of the molecule is Cc1cnc(CNc2ccc([N+](=O)[O-])cc2C(F)F)o1. The van der Waals surface area contributed by atoms with Crippen molar-refractivity contribution < 1.29 is 18.1 Å². The van der Waals surface area contributed by atoms with Gasteiger partial charge < -0.3 is 9.73 Å². The van der Waals surface area contributed by atoms with Gasteiger partial charge in [0.2, 0.25) is 5.89 Å². The molecule has 1 N–H and O–H groups in total. The Morgan fingerprint density at radius 1 is 1.50 bits per heavy atom. The molecule has 0 aliphatic heterocycles. The van der Waals surface area contributed by atoms with E-state index in [-0.39, 0.29) is 17.9 Å². The number of halogens is 2. The molecule has 0 amide bonds. The summed E-state index contributed by atoms with van der Waals surface area (Å²) in [5.41, 5.74) is -0.693. The molecule has 2 aromatic rings. The zero-order valence-electron chi connectivity index (χ0n) is 10.5.